The van der Waals surface area contributed by atoms with Gasteiger partial charge in [-0.2, -0.15) is 0 Å². The molecule has 0 spiro atoms. The molecule has 0 aromatic carbocycles. The minimum atomic E-state index is -1.21. The number of ether oxygens (including phenoxy) is 2. The Hall–Kier alpha value is -1.20. The van der Waals surface area contributed by atoms with Gasteiger partial charge in [-0.15, -0.1) is 0 Å². The number of hydrogen-bond acceptors (Lipinski definition) is 5. The fourth-order valence-corrected chi connectivity index (χ4v) is 2.80. The zero-order chi connectivity index (χ0) is 14.6. The number of carbonyl (C=O) groups is 2. The maximum Gasteiger partial charge on any atom is 0.306 e. The zero-order valence-corrected chi connectivity index (χ0v) is 11.9. The van der Waals surface area contributed by atoms with Gasteiger partial charge in [0, 0.05) is 25.2 Å². The van der Waals surface area contributed by atoms with Gasteiger partial charge in [0.1, 0.15) is 0 Å². The largest absolute Gasteiger partial charge is 0.466 e. The van der Waals surface area contributed by atoms with E-state index in [1.807, 2.05) is 0 Å². The quantitative estimate of drug-likeness (QED) is 0.777. The minimum absolute atomic E-state index is 0.00176. The molecule has 2 aliphatic rings. The van der Waals surface area contributed by atoms with Gasteiger partial charge in [0.25, 0.3) is 0 Å². The second kappa shape index (κ2) is 6.50. The van der Waals surface area contributed by atoms with Gasteiger partial charge >= 0.3 is 5.97 Å². The monoisotopic (exact) mass is 282 g/mol. The van der Waals surface area contributed by atoms with Crippen molar-refractivity contribution in [3.8, 4) is 0 Å². The Kier molecular flexibility index (Phi) is 4.94. The van der Waals surface area contributed by atoms with E-state index in [-0.39, 0.29) is 30.5 Å². The molecular formula is C15H22O5. The summed E-state index contributed by atoms with van der Waals surface area (Å²) in [7, 11) is 0. The predicted octanol–water partition coefficient (Wildman–Crippen LogP) is 1.73. The summed E-state index contributed by atoms with van der Waals surface area (Å²) in [5.74, 6) is -1.79. The smallest absolute Gasteiger partial charge is 0.306 e. The lowest BCUT2D eigenvalue weighted by atomic mass is 9.91. The number of aliphatic hydroxyl groups is 1. The van der Waals surface area contributed by atoms with E-state index in [0.29, 0.717) is 31.6 Å². The lowest BCUT2D eigenvalue weighted by molar-refractivity contribution is -0.246. The maximum absolute atomic E-state index is 12.0. The average molecular weight is 282 g/mol. The lowest BCUT2D eigenvalue weighted by Crippen LogP contribution is -2.42. The maximum atomic E-state index is 12.0. The van der Waals surface area contributed by atoms with Crippen LogP contribution in [0.1, 0.15) is 45.4 Å². The molecule has 2 atom stereocenters. The van der Waals surface area contributed by atoms with E-state index in [2.05, 4.69) is 0 Å². The van der Waals surface area contributed by atoms with Crippen molar-refractivity contribution < 1.29 is 24.2 Å². The van der Waals surface area contributed by atoms with Crippen molar-refractivity contribution in [2.75, 3.05) is 13.2 Å². The van der Waals surface area contributed by atoms with Crippen LogP contribution >= 0.6 is 0 Å². The standard InChI is InChI=1S/C15H22O5/c1-2-19-14(17)6-5-11-9-12(10-13(11)16)15(18)7-3-4-8-20-15/h9,12,18H,2-8,10H2,1H3. The van der Waals surface area contributed by atoms with Crippen molar-refractivity contribution in [2.45, 2.75) is 51.2 Å². The van der Waals surface area contributed by atoms with E-state index in [9.17, 15) is 14.7 Å². The number of Topliss-reactive ketones (excluding diaryl/α,β-unsaturated/α-hetero) is 1. The SMILES string of the molecule is CCOC(=O)CCC1=CC(C2(O)CCCCO2)CC1=O. The molecule has 5 nitrogen and oxygen atoms in total. The van der Waals surface area contributed by atoms with Crippen molar-refractivity contribution in [3.05, 3.63) is 11.6 Å². The van der Waals surface area contributed by atoms with E-state index >= 15 is 0 Å². The Labute approximate surface area is 118 Å². The van der Waals surface area contributed by atoms with Gasteiger partial charge in [-0.1, -0.05) is 6.08 Å². The summed E-state index contributed by atoms with van der Waals surface area (Å²) in [6, 6.07) is 0. The van der Waals surface area contributed by atoms with E-state index in [1.54, 1.807) is 13.0 Å². The Morgan fingerprint density at radius 1 is 1.55 bits per heavy atom. The highest BCUT2D eigenvalue weighted by atomic mass is 16.6. The van der Waals surface area contributed by atoms with Gasteiger partial charge in [-0.25, -0.2) is 0 Å². The number of allylic oxidation sites excluding steroid dienone is 1. The van der Waals surface area contributed by atoms with Gasteiger partial charge in [0.15, 0.2) is 11.6 Å². The Balaban J connectivity index is 1.94. The summed E-state index contributed by atoms with van der Waals surface area (Å²) in [5, 5.41) is 10.5. The average Bonchev–Trinajstić information content (AvgIpc) is 2.80. The first kappa shape index (κ1) is 15.2. The Morgan fingerprint density at radius 3 is 3.00 bits per heavy atom. The number of rotatable bonds is 5. The molecule has 0 bridgehead atoms. The normalized spacial score (nSPS) is 30.2. The number of ketones is 1. The summed E-state index contributed by atoms with van der Waals surface area (Å²) in [6.45, 7) is 2.64. The molecule has 0 radical (unpaired) electrons. The summed E-state index contributed by atoms with van der Waals surface area (Å²) >= 11 is 0. The summed E-state index contributed by atoms with van der Waals surface area (Å²) in [5.41, 5.74) is 0.616. The van der Waals surface area contributed by atoms with Gasteiger partial charge in [0.05, 0.1) is 13.2 Å². The van der Waals surface area contributed by atoms with Crippen LogP contribution in [0.25, 0.3) is 0 Å². The molecule has 0 aromatic heterocycles. The third-order valence-corrected chi connectivity index (χ3v) is 3.93. The van der Waals surface area contributed by atoms with Crippen LogP contribution < -0.4 is 0 Å². The van der Waals surface area contributed by atoms with Crippen molar-refractivity contribution in [3.63, 3.8) is 0 Å². The summed E-state index contributed by atoms with van der Waals surface area (Å²) < 4.78 is 10.3. The van der Waals surface area contributed by atoms with Crippen LogP contribution in [0.15, 0.2) is 11.6 Å². The van der Waals surface area contributed by atoms with E-state index in [4.69, 9.17) is 9.47 Å². The molecule has 1 saturated heterocycles. The predicted molar refractivity (Wildman–Crippen MR) is 71.8 cm³/mol. The first-order valence-corrected chi connectivity index (χ1v) is 7.31. The molecule has 0 saturated carbocycles. The second-order valence-corrected chi connectivity index (χ2v) is 5.38. The molecule has 1 aliphatic carbocycles. The molecule has 112 valence electrons. The summed E-state index contributed by atoms with van der Waals surface area (Å²) in [6.07, 6.45) is 5.06. The van der Waals surface area contributed by atoms with E-state index in [1.165, 1.54) is 0 Å². The first-order valence-electron chi connectivity index (χ1n) is 7.31. The van der Waals surface area contributed by atoms with Gasteiger partial charge in [0.2, 0.25) is 0 Å². The second-order valence-electron chi connectivity index (χ2n) is 5.38. The van der Waals surface area contributed by atoms with Crippen molar-refractivity contribution in [1.82, 2.24) is 0 Å². The molecule has 1 aliphatic heterocycles. The molecule has 0 amide bonds. The highest BCUT2D eigenvalue weighted by molar-refractivity contribution is 5.98. The van der Waals surface area contributed by atoms with Gasteiger partial charge in [-0.3, -0.25) is 9.59 Å². The number of esters is 1. The Morgan fingerprint density at radius 2 is 2.35 bits per heavy atom. The van der Waals surface area contributed by atoms with Crippen LogP contribution in [0.4, 0.5) is 0 Å². The van der Waals surface area contributed by atoms with Gasteiger partial charge < -0.3 is 14.6 Å². The molecule has 5 heteroatoms. The third kappa shape index (κ3) is 3.46. The van der Waals surface area contributed by atoms with Crippen LogP contribution in [-0.2, 0) is 19.1 Å². The van der Waals surface area contributed by atoms with Crippen molar-refractivity contribution in [1.29, 1.82) is 0 Å². The van der Waals surface area contributed by atoms with Crippen molar-refractivity contribution >= 4 is 11.8 Å². The van der Waals surface area contributed by atoms with E-state index in [0.717, 1.165) is 12.8 Å². The first-order chi connectivity index (χ1) is 9.55. The van der Waals surface area contributed by atoms with Gasteiger partial charge in [-0.05, 0) is 31.8 Å². The molecule has 2 rings (SSSR count). The molecule has 0 aromatic rings. The van der Waals surface area contributed by atoms with Crippen LogP contribution in [0.5, 0.6) is 0 Å². The number of hydrogen-bond donors (Lipinski definition) is 1. The molecule has 1 N–H and O–H groups in total. The molecular weight excluding hydrogens is 260 g/mol. The summed E-state index contributed by atoms with van der Waals surface area (Å²) in [4.78, 5) is 23.3. The molecule has 1 heterocycles. The van der Waals surface area contributed by atoms with Crippen molar-refractivity contribution in [2.24, 2.45) is 5.92 Å². The highest BCUT2D eigenvalue weighted by Gasteiger charge is 2.42. The molecule has 1 fully saturated rings. The van der Waals surface area contributed by atoms with Crippen LogP contribution in [0.3, 0.4) is 0 Å². The minimum Gasteiger partial charge on any atom is -0.466 e. The Bertz CT molecular complexity index is 406. The molecule has 2 unspecified atom stereocenters. The van der Waals surface area contributed by atoms with Crippen LogP contribution in [0.2, 0.25) is 0 Å². The third-order valence-electron chi connectivity index (χ3n) is 3.93. The fourth-order valence-electron chi connectivity index (χ4n) is 2.80. The lowest BCUT2D eigenvalue weighted by Gasteiger charge is -2.36. The molecule has 20 heavy (non-hydrogen) atoms. The zero-order valence-electron chi connectivity index (χ0n) is 11.9. The fraction of sp³-hybridized carbons (Fsp3) is 0.733. The van der Waals surface area contributed by atoms with Crippen LogP contribution in [-0.4, -0.2) is 35.9 Å². The topological polar surface area (TPSA) is 72.8 Å². The number of carbonyl (C=O) groups excluding carboxylic acids is 2. The highest BCUT2D eigenvalue weighted by Crippen LogP contribution is 2.38. The van der Waals surface area contributed by atoms with Crippen LogP contribution in [0, 0.1) is 5.92 Å². The van der Waals surface area contributed by atoms with E-state index < -0.39 is 5.79 Å².